The first-order valence-corrected chi connectivity index (χ1v) is 9.54. The molecule has 122 valence electrons. The third-order valence-corrected chi connectivity index (χ3v) is 5.94. The van der Waals surface area contributed by atoms with Crippen LogP contribution in [0.1, 0.15) is 88.3 Å². The Balaban J connectivity index is 2.77. The van der Waals surface area contributed by atoms with Crippen molar-refractivity contribution in [3.8, 4) is 5.75 Å². The van der Waals surface area contributed by atoms with Crippen molar-refractivity contribution in [1.29, 1.82) is 0 Å². The molecule has 1 nitrogen and oxygen atoms in total. The lowest BCUT2D eigenvalue weighted by Gasteiger charge is -2.29. The van der Waals surface area contributed by atoms with E-state index in [1.165, 1.54) is 67.5 Å². The summed E-state index contributed by atoms with van der Waals surface area (Å²) in [6.07, 6.45) is 12.1. The average Bonchev–Trinajstić information content (AvgIpc) is 2.86. The number of aryl methyl sites for hydroxylation is 1. The van der Waals surface area contributed by atoms with E-state index >= 15 is 0 Å². The van der Waals surface area contributed by atoms with Gasteiger partial charge in [-0.2, -0.15) is 0 Å². The van der Waals surface area contributed by atoms with E-state index < -0.39 is 0 Å². The summed E-state index contributed by atoms with van der Waals surface area (Å²) in [7, 11) is 1.79. The van der Waals surface area contributed by atoms with Gasteiger partial charge in [0.05, 0.1) is 7.11 Å². The van der Waals surface area contributed by atoms with Gasteiger partial charge < -0.3 is 4.74 Å². The second-order valence-electron chi connectivity index (χ2n) is 6.56. The van der Waals surface area contributed by atoms with Crippen LogP contribution in [0.2, 0.25) is 0 Å². The molecule has 1 heterocycles. The molecule has 0 aliphatic carbocycles. The molecule has 0 aliphatic rings. The molecule has 0 aromatic carbocycles. The molecule has 0 fully saturated rings. The Hall–Kier alpha value is -0.500. The van der Waals surface area contributed by atoms with Crippen LogP contribution in [0.4, 0.5) is 0 Å². The van der Waals surface area contributed by atoms with Gasteiger partial charge in [-0.15, -0.1) is 11.3 Å². The summed E-state index contributed by atoms with van der Waals surface area (Å²) < 4.78 is 5.50. The summed E-state index contributed by atoms with van der Waals surface area (Å²) >= 11 is 1.94. The minimum absolute atomic E-state index is 0.342. The van der Waals surface area contributed by atoms with Crippen LogP contribution < -0.4 is 4.74 Å². The van der Waals surface area contributed by atoms with Crippen molar-refractivity contribution < 1.29 is 4.74 Å². The molecule has 0 bridgehead atoms. The molecule has 1 atom stereocenters. The molecule has 0 spiro atoms. The van der Waals surface area contributed by atoms with Crippen molar-refractivity contribution in [1.82, 2.24) is 0 Å². The van der Waals surface area contributed by atoms with E-state index in [0.29, 0.717) is 5.41 Å². The Bertz CT molecular complexity index is 396. The first kappa shape index (κ1) is 18.5. The summed E-state index contributed by atoms with van der Waals surface area (Å²) in [6.45, 7) is 9.22. The van der Waals surface area contributed by atoms with E-state index in [1.807, 2.05) is 11.3 Å². The largest absolute Gasteiger partial charge is 0.496 e. The van der Waals surface area contributed by atoms with E-state index in [4.69, 9.17) is 4.74 Å². The van der Waals surface area contributed by atoms with Gasteiger partial charge in [0.2, 0.25) is 0 Å². The molecular weight excluding hydrogens is 276 g/mol. The van der Waals surface area contributed by atoms with Gasteiger partial charge in [-0.05, 0) is 25.8 Å². The number of unbranched alkanes of at least 4 members (excludes halogenated alkanes) is 5. The van der Waals surface area contributed by atoms with Crippen LogP contribution in [0, 0.1) is 6.92 Å². The lowest BCUT2D eigenvalue weighted by molar-refractivity contribution is 0.369. The molecule has 2 heteroatoms. The Kier molecular flexibility index (Phi) is 8.39. The first-order valence-electron chi connectivity index (χ1n) is 8.72. The summed E-state index contributed by atoms with van der Waals surface area (Å²) in [4.78, 5) is 2.85. The van der Waals surface area contributed by atoms with Gasteiger partial charge in [-0.3, -0.25) is 0 Å². The minimum atomic E-state index is 0.342. The van der Waals surface area contributed by atoms with E-state index in [0.717, 1.165) is 5.75 Å². The summed E-state index contributed by atoms with van der Waals surface area (Å²) in [6, 6.07) is 2.30. The Morgan fingerprint density at radius 1 is 1.00 bits per heavy atom. The maximum Gasteiger partial charge on any atom is 0.132 e. The number of ether oxygens (including phenoxy) is 1. The third kappa shape index (κ3) is 5.65. The quantitative estimate of drug-likeness (QED) is 0.405. The number of hydrogen-bond donors (Lipinski definition) is 0. The molecular formula is C19H34OS. The molecule has 0 N–H and O–H groups in total. The smallest absolute Gasteiger partial charge is 0.132 e. The van der Waals surface area contributed by atoms with Crippen molar-refractivity contribution in [2.24, 2.45) is 0 Å². The normalized spacial score (nSPS) is 14.1. The van der Waals surface area contributed by atoms with Gasteiger partial charge in [-0.1, -0.05) is 65.7 Å². The lowest BCUT2D eigenvalue weighted by atomic mass is 9.78. The molecule has 0 saturated heterocycles. The Morgan fingerprint density at radius 3 is 2.10 bits per heavy atom. The van der Waals surface area contributed by atoms with E-state index in [1.54, 1.807) is 7.11 Å². The molecule has 0 aliphatic heterocycles. The number of methoxy groups -OCH3 is 1. The van der Waals surface area contributed by atoms with Crippen LogP contribution in [-0.2, 0) is 5.41 Å². The summed E-state index contributed by atoms with van der Waals surface area (Å²) in [5, 5.41) is 0. The molecule has 1 aromatic rings. The van der Waals surface area contributed by atoms with Gasteiger partial charge in [0.15, 0.2) is 0 Å². The number of rotatable bonds is 11. The second-order valence-corrected chi connectivity index (χ2v) is 7.82. The highest BCUT2D eigenvalue weighted by molar-refractivity contribution is 7.12. The van der Waals surface area contributed by atoms with Crippen LogP contribution in [0.15, 0.2) is 6.07 Å². The van der Waals surface area contributed by atoms with E-state index in [2.05, 4.69) is 33.8 Å². The highest BCUT2D eigenvalue weighted by Gasteiger charge is 2.28. The van der Waals surface area contributed by atoms with Crippen LogP contribution >= 0.6 is 11.3 Å². The zero-order chi connectivity index (χ0) is 15.7. The van der Waals surface area contributed by atoms with Crippen LogP contribution in [0.5, 0.6) is 5.75 Å². The van der Waals surface area contributed by atoms with Gasteiger partial charge in [0, 0.05) is 15.2 Å². The monoisotopic (exact) mass is 310 g/mol. The molecule has 21 heavy (non-hydrogen) atoms. The fourth-order valence-electron chi connectivity index (χ4n) is 3.04. The number of thiophene rings is 1. The minimum Gasteiger partial charge on any atom is -0.496 e. The number of hydrogen-bond acceptors (Lipinski definition) is 2. The lowest BCUT2D eigenvalue weighted by Crippen LogP contribution is -2.20. The summed E-state index contributed by atoms with van der Waals surface area (Å²) in [5.41, 5.74) is 0.342. The molecule has 0 saturated carbocycles. The molecule has 1 aromatic heterocycles. The van der Waals surface area contributed by atoms with Gasteiger partial charge in [0.25, 0.3) is 0 Å². The molecule has 1 rings (SSSR count). The van der Waals surface area contributed by atoms with E-state index in [9.17, 15) is 0 Å². The van der Waals surface area contributed by atoms with Crippen molar-refractivity contribution in [2.45, 2.75) is 90.9 Å². The highest BCUT2D eigenvalue weighted by Crippen LogP contribution is 2.42. The molecule has 1 unspecified atom stereocenters. The van der Waals surface area contributed by atoms with Crippen LogP contribution in [0.25, 0.3) is 0 Å². The zero-order valence-corrected chi connectivity index (χ0v) is 15.6. The predicted octanol–water partition coefficient (Wildman–Crippen LogP) is 6.87. The predicted molar refractivity (Wildman–Crippen MR) is 95.9 cm³/mol. The van der Waals surface area contributed by atoms with Crippen LogP contribution in [0.3, 0.4) is 0 Å². The Labute approximate surface area is 136 Å². The SMILES string of the molecule is CCCCCCC(C)(CCCCC)c1cc(OC)c(C)s1. The van der Waals surface area contributed by atoms with Crippen molar-refractivity contribution in [3.05, 3.63) is 15.8 Å². The fourth-order valence-corrected chi connectivity index (χ4v) is 4.23. The van der Waals surface area contributed by atoms with Crippen LogP contribution in [-0.4, -0.2) is 7.11 Å². The zero-order valence-electron chi connectivity index (χ0n) is 14.8. The van der Waals surface area contributed by atoms with Gasteiger partial charge in [-0.25, -0.2) is 0 Å². The fraction of sp³-hybridized carbons (Fsp3) is 0.789. The van der Waals surface area contributed by atoms with Crippen molar-refractivity contribution in [3.63, 3.8) is 0 Å². The van der Waals surface area contributed by atoms with Gasteiger partial charge >= 0.3 is 0 Å². The van der Waals surface area contributed by atoms with Crippen molar-refractivity contribution in [2.75, 3.05) is 7.11 Å². The molecule has 0 amide bonds. The standard InChI is InChI=1S/C19H34OS/c1-6-8-10-12-14-19(4,13-11-9-7-2)18-15-17(20-5)16(3)21-18/h15H,6-14H2,1-5H3. The first-order chi connectivity index (χ1) is 10.1. The maximum atomic E-state index is 5.50. The summed E-state index contributed by atoms with van der Waals surface area (Å²) in [5.74, 6) is 1.07. The van der Waals surface area contributed by atoms with Gasteiger partial charge in [0.1, 0.15) is 5.75 Å². The average molecular weight is 311 g/mol. The van der Waals surface area contributed by atoms with E-state index in [-0.39, 0.29) is 0 Å². The second kappa shape index (κ2) is 9.50. The Morgan fingerprint density at radius 2 is 1.57 bits per heavy atom. The topological polar surface area (TPSA) is 9.23 Å². The highest BCUT2D eigenvalue weighted by atomic mass is 32.1. The van der Waals surface area contributed by atoms with Crippen molar-refractivity contribution >= 4 is 11.3 Å². The third-order valence-electron chi connectivity index (χ3n) is 4.60. The molecule has 0 radical (unpaired) electrons. The maximum absolute atomic E-state index is 5.50.